The fourth-order valence-corrected chi connectivity index (χ4v) is 16.7. The van der Waals surface area contributed by atoms with Gasteiger partial charge in [0, 0.05) is 5.57 Å². The van der Waals surface area contributed by atoms with Gasteiger partial charge in [0.1, 0.15) is 0 Å². The lowest BCUT2D eigenvalue weighted by atomic mass is 10.4. The highest BCUT2D eigenvalue weighted by Crippen LogP contribution is 2.53. The van der Waals surface area contributed by atoms with Crippen LogP contribution in [0.15, 0.2) is 12.2 Å². The minimum atomic E-state index is -3.39. The molecular formula is C21H44O12P2Si3. The molecule has 12 nitrogen and oxygen atoms in total. The van der Waals surface area contributed by atoms with Crippen LogP contribution in [0, 0.1) is 0 Å². The molecule has 2 aliphatic rings. The van der Waals surface area contributed by atoms with Gasteiger partial charge in [-0.3, -0.25) is 27.1 Å². The molecular weight excluding hydrogens is 590 g/mol. The maximum Gasteiger partial charge on any atom is 0.474 e. The molecule has 0 radical (unpaired) electrons. The van der Waals surface area contributed by atoms with Gasteiger partial charge in [0.05, 0.1) is 46.2 Å². The van der Waals surface area contributed by atoms with E-state index >= 15 is 0 Å². The molecule has 2 saturated heterocycles. The molecule has 38 heavy (non-hydrogen) atoms. The first-order valence-electron chi connectivity index (χ1n) is 13.0. The molecule has 0 atom stereocenters. The molecule has 2 fully saturated rings. The van der Waals surface area contributed by atoms with Crippen molar-refractivity contribution in [1.82, 2.24) is 0 Å². The van der Waals surface area contributed by atoms with Crippen LogP contribution in [0.1, 0.15) is 26.2 Å². The van der Waals surface area contributed by atoms with Crippen molar-refractivity contribution in [1.29, 1.82) is 0 Å². The molecule has 222 valence electrons. The molecule has 0 aromatic heterocycles. The van der Waals surface area contributed by atoms with Crippen molar-refractivity contribution >= 4 is 47.5 Å². The second kappa shape index (κ2) is 15.9. The van der Waals surface area contributed by atoms with E-state index in [1.807, 2.05) is 0 Å². The standard InChI is InChI=1S/C21H44O12P2Si3/c1-20(2)21(22)25-10-7-17-36(32-37(3,4)18-8-11-26-34(23)28-13-14-29-34)33-38(5,6)19-9-12-27-35(24)30-15-16-31-35/h36H,1,7-19H2,2-6H3. The van der Waals surface area contributed by atoms with Gasteiger partial charge in [-0.05, 0) is 70.5 Å². The second-order valence-corrected chi connectivity index (χ2v) is 25.0. The van der Waals surface area contributed by atoms with E-state index in [1.54, 1.807) is 6.92 Å². The molecule has 0 aromatic carbocycles. The Morgan fingerprint density at radius 2 is 1.21 bits per heavy atom. The average molecular weight is 635 g/mol. The minimum absolute atomic E-state index is 0.262. The quantitative estimate of drug-likeness (QED) is 0.0601. The lowest BCUT2D eigenvalue weighted by Crippen LogP contribution is -2.46. The van der Waals surface area contributed by atoms with Crippen molar-refractivity contribution in [3.05, 3.63) is 12.2 Å². The third-order valence-electron chi connectivity index (χ3n) is 5.58. The van der Waals surface area contributed by atoms with Gasteiger partial charge >= 0.3 is 30.9 Å². The summed E-state index contributed by atoms with van der Waals surface area (Å²) < 4.78 is 73.8. The lowest BCUT2D eigenvalue weighted by molar-refractivity contribution is -0.138. The maximum atomic E-state index is 12.1. The molecule has 0 amide bonds. The third kappa shape index (κ3) is 13.6. The first-order valence-corrected chi connectivity index (χ1v) is 23.9. The summed E-state index contributed by atoms with van der Waals surface area (Å²) in [6, 6.07) is 2.27. The van der Waals surface area contributed by atoms with Gasteiger partial charge < -0.3 is 13.0 Å². The summed E-state index contributed by atoms with van der Waals surface area (Å²) >= 11 is 0. The van der Waals surface area contributed by atoms with Crippen LogP contribution in [-0.4, -0.2) is 78.1 Å². The van der Waals surface area contributed by atoms with Crippen LogP contribution in [-0.2, 0) is 54.0 Å². The lowest BCUT2D eigenvalue weighted by Gasteiger charge is -2.34. The number of hydrogen-bond donors (Lipinski definition) is 0. The molecule has 0 aromatic rings. The van der Waals surface area contributed by atoms with E-state index in [-0.39, 0.29) is 46.2 Å². The number of esters is 1. The Morgan fingerprint density at radius 1 is 0.789 bits per heavy atom. The van der Waals surface area contributed by atoms with Crippen molar-refractivity contribution in [2.24, 2.45) is 0 Å². The summed E-state index contributed by atoms with van der Waals surface area (Å²) in [6.07, 6.45) is 1.96. The van der Waals surface area contributed by atoms with Crippen LogP contribution in [0.3, 0.4) is 0 Å². The number of carbonyl (C=O) groups is 1. The predicted molar refractivity (Wildman–Crippen MR) is 149 cm³/mol. The van der Waals surface area contributed by atoms with E-state index in [0.29, 0.717) is 30.9 Å². The van der Waals surface area contributed by atoms with E-state index < -0.39 is 47.5 Å². The Morgan fingerprint density at radius 3 is 1.61 bits per heavy atom. The summed E-state index contributed by atoms with van der Waals surface area (Å²) in [4.78, 5) is 11.7. The van der Waals surface area contributed by atoms with Crippen molar-refractivity contribution < 1.29 is 54.0 Å². The summed E-state index contributed by atoms with van der Waals surface area (Å²) in [6.45, 7) is 15.6. The van der Waals surface area contributed by atoms with E-state index in [1.165, 1.54) is 0 Å². The number of carbonyl (C=O) groups excluding carboxylic acids is 1. The predicted octanol–water partition coefficient (Wildman–Crippen LogP) is 5.28. The van der Waals surface area contributed by atoms with Gasteiger partial charge in [-0.2, -0.15) is 0 Å². The highest BCUT2D eigenvalue weighted by atomic mass is 31.2. The van der Waals surface area contributed by atoms with Gasteiger partial charge in [0.15, 0.2) is 16.6 Å². The number of phosphoric ester groups is 2. The minimum Gasteiger partial charge on any atom is -0.462 e. The Labute approximate surface area is 230 Å². The van der Waals surface area contributed by atoms with Crippen LogP contribution in [0.4, 0.5) is 0 Å². The summed E-state index contributed by atoms with van der Waals surface area (Å²) in [5.41, 5.74) is 0.365. The van der Waals surface area contributed by atoms with Gasteiger partial charge in [-0.1, -0.05) is 6.58 Å². The first-order chi connectivity index (χ1) is 17.7. The zero-order valence-electron chi connectivity index (χ0n) is 23.3. The molecule has 2 rings (SSSR count). The van der Waals surface area contributed by atoms with E-state index in [4.69, 9.17) is 40.1 Å². The Kier molecular flexibility index (Phi) is 14.3. The van der Waals surface area contributed by atoms with Crippen molar-refractivity contribution in [2.45, 2.75) is 70.5 Å². The topological polar surface area (TPSA) is 134 Å². The Bertz CT molecular complexity index is 800. The van der Waals surface area contributed by atoms with Crippen molar-refractivity contribution in [3.63, 3.8) is 0 Å². The van der Waals surface area contributed by atoms with Gasteiger partial charge in [0.2, 0.25) is 0 Å². The Balaban J connectivity index is 1.84. The Hall–Kier alpha value is 0.000649. The normalized spacial score (nSPS) is 19.2. The molecule has 0 unspecified atom stereocenters. The largest absolute Gasteiger partial charge is 0.474 e. The highest BCUT2D eigenvalue weighted by Gasteiger charge is 2.36. The smallest absolute Gasteiger partial charge is 0.462 e. The summed E-state index contributed by atoms with van der Waals surface area (Å²) in [5.74, 6) is -0.405. The fourth-order valence-electron chi connectivity index (χ4n) is 3.68. The van der Waals surface area contributed by atoms with E-state index in [2.05, 4.69) is 32.8 Å². The molecule has 17 heteroatoms. The summed E-state index contributed by atoms with van der Waals surface area (Å²) in [5, 5.41) is 0. The van der Waals surface area contributed by atoms with Crippen LogP contribution in [0.25, 0.3) is 0 Å². The second-order valence-electron chi connectivity index (χ2n) is 10.3. The van der Waals surface area contributed by atoms with Crippen LogP contribution in [0.5, 0.6) is 0 Å². The molecule has 0 N–H and O–H groups in total. The number of hydrogen-bond acceptors (Lipinski definition) is 12. The molecule has 0 saturated carbocycles. The van der Waals surface area contributed by atoms with E-state index in [9.17, 15) is 13.9 Å². The fraction of sp³-hybridized carbons (Fsp3) is 0.857. The third-order valence-corrected chi connectivity index (χ3v) is 19.8. The molecule has 2 heterocycles. The number of rotatable bonds is 19. The molecule has 0 bridgehead atoms. The SMILES string of the molecule is C=C(C)C(=O)OCCC[SiH](O[Si](C)(C)CCCOP1(=O)OCCO1)O[Si](C)(C)CCCOP1(=O)OCCO1. The maximum absolute atomic E-state index is 12.1. The van der Waals surface area contributed by atoms with Gasteiger partial charge in [-0.25, -0.2) is 13.9 Å². The zero-order valence-corrected chi connectivity index (χ0v) is 28.2. The zero-order chi connectivity index (χ0) is 28.3. The monoisotopic (exact) mass is 634 g/mol. The van der Waals surface area contributed by atoms with Crippen molar-refractivity contribution in [3.8, 4) is 0 Å². The van der Waals surface area contributed by atoms with Crippen LogP contribution < -0.4 is 0 Å². The van der Waals surface area contributed by atoms with Gasteiger partial charge in [-0.15, -0.1) is 0 Å². The first kappa shape index (κ1) is 34.2. The average Bonchev–Trinajstić information content (AvgIpc) is 3.45. The van der Waals surface area contributed by atoms with Gasteiger partial charge in [0.25, 0.3) is 0 Å². The van der Waals surface area contributed by atoms with Crippen LogP contribution >= 0.6 is 15.6 Å². The van der Waals surface area contributed by atoms with Crippen molar-refractivity contribution in [2.75, 3.05) is 46.2 Å². The highest BCUT2D eigenvalue weighted by molar-refractivity contribution is 7.49. The number of phosphoric acid groups is 2. The number of ether oxygens (including phenoxy) is 1. The summed E-state index contributed by atoms with van der Waals surface area (Å²) in [7, 11) is -13.2. The molecule has 0 aliphatic carbocycles. The van der Waals surface area contributed by atoms with E-state index in [0.717, 1.165) is 12.1 Å². The van der Waals surface area contributed by atoms with Crippen LogP contribution in [0.2, 0.25) is 44.3 Å². The molecule has 2 aliphatic heterocycles. The molecule has 0 spiro atoms.